The van der Waals surface area contributed by atoms with E-state index >= 15 is 0 Å². The molecule has 1 heterocycles. The highest BCUT2D eigenvalue weighted by Gasteiger charge is 2.45. The number of carboxylic acids is 1. The zero-order chi connectivity index (χ0) is 24.9. The smallest absolute Gasteiger partial charge is 0.422 e. The monoisotopic (exact) mass is 475 g/mol. The van der Waals surface area contributed by atoms with Crippen LogP contribution in [0.5, 0.6) is 6.01 Å². The largest absolute Gasteiger partial charge is 0.478 e. The molecule has 1 aliphatic carbocycles. The quantitative estimate of drug-likeness (QED) is 0.399. The molecular formula is C23H24F3N5O3. The molecule has 3 rings (SSSR count). The second-order valence-electron chi connectivity index (χ2n) is 7.81. The van der Waals surface area contributed by atoms with Crippen LogP contribution in [0.1, 0.15) is 37.0 Å². The molecule has 180 valence electrons. The molecule has 0 bridgehead atoms. The minimum Gasteiger partial charge on any atom is -0.478 e. The molecule has 11 heteroatoms. The summed E-state index contributed by atoms with van der Waals surface area (Å²) in [7, 11) is 0. The number of aromatic carboxylic acids is 1. The van der Waals surface area contributed by atoms with Crippen LogP contribution in [0.2, 0.25) is 0 Å². The number of nitrogens with one attached hydrogen (secondary N) is 2. The van der Waals surface area contributed by atoms with Crippen molar-refractivity contribution in [1.82, 2.24) is 15.0 Å². The highest BCUT2D eigenvalue weighted by Crippen LogP contribution is 2.45. The summed E-state index contributed by atoms with van der Waals surface area (Å²) in [5.74, 6) is -1.11. The molecule has 34 heavy (non-hydrogen) atoms. The average Bonchev–Trinajstić information content (AvgIpc) is 3.52. The van der Waals surface area contributed by atoms with Crippen LogP contribution in [0.25, 0.3) is 0 Å². The Balaban J connectivity index is 1.88. The van der Waals surface area contributed by atoms with Crippen LogP contribution in [0, 0.1) is 0 Å². The maximum Gasteiger partial charge on any atom is 0.422 e. The predicted molar refractivity (Wildman–Crippen MR) is 121 cm³/mol. The van der Waals surface area contributed by atoms with Gasteiger partial charge >= 0.3 is 18.2 Å². The summed E-state index contributed by atoms with van der Waals surface area (Å²) in [6.45, 7) is 6.05. The Morgan fingerprint density at radius 1 is 1.18 bits per heavy atom. The van der Waals surface area contributed by atoms with E-state index in [1.807, 2.05) is 32.1 Å². The van der Waals surface area contributed by atoms with Gasteiger partial charge in [0, 0.05) is 5.69 Å². The number of hydrogen-bond donors (Lipinski definition) is 3. The molecule has 3 N–H and O–H groups in total. The summed E-state index contributed by atoms with van der Waals surface area (Å²) in [5, 5.41) is 15.1. The van der Waals surface area contributed by atoms with Crippen LogP contribution in [-0.2, 0) is 0 Å². The Kier molecular flexibility index (Phi) is 7.23. The number of aromatic nitrogens is 3. The van der Waals surface area contributed by atoms with Gasteiger partial charge in [0.15, 0.2) is 6.61 Å². The minimum atomic E-state index is -4.57. The summed E-state index contributed by atoms with van der Waals surface area (Å²) < 4.78 is 42.8. The fraction of sp³-hybridized carbons (Fsp3) is 0.304. The number of benzene rings is 1. The van der Waals surface area contributed by atoms with Gasteiger partial charge in [0.2, 0.25) is 11.9 Å². The molecule has 1 aliphatic rings. The van der Waals surface area contributed by atoms with Crippen molar-refractivity contribution in [3.8, 4) is 6.01 Å². The number of rotatable bonds is 10. The molecule has 2 aromatic rings. The van der Waals surface area contributed by atoms with Crippen molar-refractivity contribution in [1.29, 1.82) is 0 Å². The van der Waals surface area contributed by atoms with Crippen LogP contribution < -0.4 is 15.4 Å². The first kappa shape index (κ1) is 24.7. The molecule has 0 amide bonds. The third-order valence-corrected chi connectivity index (χ3v) is 4.88. The molecule has 1 saturated carbocycles. The molecule has 8 nitrogen and oxygen atoms in total. The molecule has 1 fully saturated rings. The van der Waals surface area contributed by atoms with Crippen LogP contribution in [-0.4, -0.2) is 44.3 Å². The molecule has 0 radical (unpaired) electrons. The van der Waals surface area contributed by atoms with E-state index in [1.165, 1.54) is 24.3 Å². The van der Waals surface area contributed by atoms with E-state index in [0.717, 1.165) is 24.0 Å². The maximum absolute atomic E-state index is 12.7. The van der Waals surface area contributed by atoms with Crippen molar-refractivity contribution < 1.29 is 27.8 Å². The fourth-order valence-electron chi connectivity index (χ4n) is 3.09. The lowest BCUT2D eigenvalue weighted by molar-refractivity contribution is -0.154. The van der Waals surface area contributed by atoms with E-state index < -0.39 is 30.3 Å². The van der Waals surface area contributed by atoms with Gasteiger partial charge in [-0.2, -0.15) is 28.1 Å². The van der Waals surface area contributed by atoms with Gasteiger partial charge in [-0.15, -0.1) is 0 Å². The predicted octanol–water partition coefficient (Wildman–Crippen LogP) is 5.28. The maximum atomic E-state index is 12.7. The van der Waals surface area contributed by atoms with E-state index in [2.05, 4.69) is 32.2 Å². The second-order valence-corrected chi connectivity index (χ2v) is 7.81. The summed E-state index contributed by atoms with van der Waals surface area (Å²) in [6, 6.07) is 5.21. The van der Waals surface area contributed by atoms with Crippen molar-refractivity contribution in [3.05, 3.63) is 65.8 Å². The van der Waals surface area contributed by atoms with E-state index in [0.29, 0.717) is 5.69 Å². The first-order chi connectivity index (χ1) is 16.0. The van der Waals surface area contributed by atoms with Gasteiger partial charge in [-0.1, -0.05) is 30.4 Å². The SMILES string of the molecule is C=C(C)/C=C\C(=C/C)C1(Nc2nc(Nc3ccc(C(=O)O)cc3)nc(OCC(F)(F)F)n2)CC1. The number of nitrogens with zero attached hydrogens (tertiary/aromatic N) is 3. The summed E-state index contributed by atoms with van der Waals surface area (Å²) in [5.41, 5.74) is 1.88. The first-order valence-electron chi connectivity index (χ1n) is 10.3. The van der Waals surface area contributed by atoms with Gasteiger partial charge in [0.25, 0.3) is 0 Å². The Morgan fingerprint density at radius 3 is 2.35 bits per heavy atom. The van der Waals surface area contributed by atoms with Crippen molar-refractivity contribution >= 4 is 23.6 Å². The topological polar surface area (TPSA) is 109 Å². The lowest BCUT2D eigenvalue weighted by Crippen LogP contribution is -2.26. The normalized spacial score (nSPS) is 15.1. The number of hydrogen-bond acceptors (Lipinski definition) is 7. The van der Waals surface area contributed by atoms with Gasteiger partial charge in [0.1, 0.15) is 0 Å². The van der Waals surface area contributed by atoms with Crippen LogP contribution in [0.15, 0.2) is 60.2 Å². The molecule has 0 spiro atoms. The first-order valence-corrected chi connectivity index (χ1v) is 10.3. The van der Waals surface area contributed by atoms with Gasteiger partial charge in [-0.05, 0) is 56.5 Å². The Hall–Kier alpha value is -3.89. The van der Waals surface area contributed by atoms with E-state index in [4.69, 9.17) is 9.84 Å². The summed E-state index contributed by atoms with van der Waals surface area (Å²) in [6.07, 6.45) is 2.71. The lowest BCUT2D eigenvalue weighted by Gasteiger charge is -2.20. The standard InChI is InChI=1S/C23H24F3N5O3/c1-4-16(8-5-14(2)3)22(11-12-22)31-20-28-19(29-21(30-20)34-13-23(24,25)26)27-17-9-6-15(7-10-17)18(32)33/h4-10H,2,11-13H2,1,3H3,(H,32,33)(H2,27,28,29,30,31)/b8-5-,16-4+. The molecule has 0 atom stereocenters. The van der Waals surface area contributed by atoms with Crippen molar-refractivity contribution in [2.75, 3.05) is 17.2 Å². The molecule has 0 unspecified atom stereocenters. The highest BCUT2D eigenvalue weighted by molar-refractivity contribution is 5.88. The Morgan fingerprint density at radius 2 is 1.82 bits per heavy atom. The van der Waals surface area contributed by atoms with Crippen LogP contribution in [0.3, 0.4) is 0 Å². The van der Waals surface area contributed by atoms with Crippen molar-refractivity contribution in [2.45, 2.75) is 38.4 Å². The van der Waals surface area contributed by atoms with Crippen LogP contribution in [0.4, 0.5) is 30.8 Å². The second kappa shape index (κ2) is 9.94. The number of carboxylic acid groups (broad SMARTS) is 1. The number of carbonyl (C=O) groups is 1. The van der Waals surface area contributed by atoms with E-state index in [1.54, 1.807) is 0 Å². The third kappa shape index (κ3) is 6.80. The molecule has 0 saturated heterocycles. The number of allylic oxidation sites excluding steroid dienone is 3. The fourth-order valence-corrected chi connectivity index (χ4v) is 3.09. The Labute approximate surface area is 194 Å². The average molecular weight is 475 g/mol. The number of alkyl halides is 3. The highest BCUT2D eigenvalue weighted by atomic mass is 19.4. The number of anilines is 3. The molecule has 1 aromatic carbocycles. The molecule has 1 aromatic heterocycles. The molecule has 0 aliphatic heterocycles. The summed E-state index contributed by atoms with van der Waals surface area (Å²) >= 11 is 0. The van der Waals surface area contributed by atoms with Gasteiger partial charge in [-0.3, -0.25) is 0 Å². The Bertz CT molecular complexity index is 1120. The van der Waals surface area contributed by atoms with Gasteiger partial charge in [0.05, 0.1) is 11.1 Å². The van der Waals surface area contributed by atoms with Crippen molar-refractivity contribution in [3.63, 3.8) is 0 Å². The minimum absolute atomic E-state index is 0.0393. The third-order valence-electron chi connectivity index (χ3n) is 4.88. The van der Waals surface area contributed by atoms with Crippen LogP contribution >= 0.6 is 0 Å². The van der Waals surface area contributed by atoms with Crippen molar-refractivity contribution in [2.24, 2.45) is 0 Å². The molecular weight excluding hydrogens is 451 g/mol. The van der Waals surface area contributed by atoms with E-state index in [-0.39, 0.29) is 17.5 Å². The van der Waals surface area contributed by atoms with Gasteiger partial charge in [-0.25, -0.2) is 4.79 Å². The number of halogens is 3. The van der Waals surface area contributed by atoms with Gasteiger partial charge < -0.3 is 20.5 Å². The summed E-state index contributed by atoms with van der Waals surface area (Å²) in [4.78, 5) is 23.2. The van der Waals surface area contributed by atoms with E-state index in [9.17, 15) is 18.0 Å². The zero-order valence-corrected chi connectivity index (χ0v) is 18.6. The zero-order valence-electron chi connectivity index (χ0n) is 18.6. The lowest BCUT2D eigenvalue weighted by atomic mass is 10.0. The number of ether oxygens (including phenoxy) is 1.